The molecule has 1 aliphatic heterocycles. The molecule has 10 nitrogen and oxygen atoms in total. The SMILES string of the molecule is COc1cc(F)c(-c2cc(Cn3cnc4c(N)ncnc43)c(N3CCC4C3[C@@]4(N)[C@H](O)C(F)F)cn2)cc1F. The second-order valence-electron chi connectivity index (χ2n) is 9.78. The third-order valence-electron chi connectivity index (χ3n) is 7.76. The second-order valence-corrected chi connectivity index (χ2v) is 9.78. The number of rotatable bonds is 7. The number of pyridine rings is 1. The van der Waals surface area contributed by atoms with E-state index in [1.165, 1.54) is 26.0 Å². The number of alkyl halides is 2. The Morgan fingerprint density at radius 2 is 1.95 bits per heavy atom. The maximum atomic E-state index is 14.9. The van der Waals surface area contributed by atoms with Gasteiger partial charge in [0.25, 0.3) is 6.43 Å². The molecule has 1 saturated carbocycles. The monoisotopic (exact) mass is 544 g/mol. The fourth-order valence-corrected chi connectivity index (χ4v) is 5.78. The van der Waals surface area contributed by atoms with E-state index in [4.69, 9.17) is 16.2 Å². The first kappa shape index (κ1) is 25.2. The van der Waals surface area contributed by atoms with Crippen LogP contribution in [0.15, 0.2) is 37.1 Å². The van der Waals surface area contributed by atoms with E-state index in [2.05, 4.69) is 19.9 Å². The third kappa shape index (κ3) is 3.85. The van der Waals surface area contributed by atoms with Gasteiger partial charge in [0.2, 0.25) is 0 Å². The van der Waals surface area contributed by atoms with Crippen LogP contribution in [0.25, 0.3) is 22.4 Å². The van der Waals surface area contributed by atoms with E-state index < -0.39 is 35.7 Å². The highest BCUT2D eigenvalue weighted by Crippen LogP contribution is 2.56. The van der Waals surface area contributed by atoms with Crippen LogP contribution in [0.1, 0.15) is 12.0 Å². The molecule has 2 fully saturated rings. The van der Waals surface area contributed by atoms with Crippen molar-refractivity contribution in [3.8, 4) is 17.0 Å². The molecule has 0 spiro atoms. The van der Waals surface area contributed by atoms with Crippen molar-refractivity contribution >= 4 is 22.7 Å². The smallest absolute Gasteiger partial charge is 0.265 e. The summed E-state index contributed by atoms with van der Waals surface area (Å²) in [6.45, 7) is 0.643. The Morgan fingerprint density at radius 3 is 2.69 bits per heavy atom. The molecule has 4 heterocycles. The number of halogens is 4. The average molecular weight is 545 g/mol. The van der Waals surface area contributed by atoms with Crippen molar-refractivity contribution < 1.29 is 27.4 Å². The van der Waals surface area contributed by atoms with Crippen molar-refractivity contribution in [3.63, 3.8) is 0 Å². The molecule has 5 N–H and O–H groups in total. The minimum atomic E-state index is -2.99. The Labute approximate surface area is 219 Å². The predicted octanol–water partition coefficient (Wildman–Crippen LogP) is 2.34. The maximum absolute atomic E-state index is 14.9. The van der Waals surface area contributed by atoms with Crippen molar-refractivity contribution in [1.29, 1.82) is 0 Å². The van der Waals surface area contributed by atoms with E-state index in [9.17, 15) is 22.7 Å². The first-order chi connectivity index (χ1) is 18.6. The summed E-state index contributed by atoms with van der Waals surface area (Å²) in [5.74, 6) is -1.88. The van der Waals surface area contributed by atoms with Crippen LogP contribution in [-0.4, -0.2) is 67.4 Å². The van der Waals surface area contributed by atoms with E-state index in [-0.39, 0.29) is 35.3 Å². The molecule has 4 aromatic rings. The molecular formula is C25H24F4N8O2. The van der Waals surface area contributed by atoms with E-state index in [0.717, 1.165) is 12.1 Å². The topological polar surface area (TPSA) is 141 Å². The predicted molar refractivity (Wildman–Crippen MR) is 133 cm³/mol. The molecule has 6 rings (SSSR count). The highest BCUT2D eigenvalue weighted by Gasteiger charge is 2.72. The molecular weight excluding hydrogens is 520 g/mol. The van der Waals surface area contributed by atoms with E-state index in [1.807, 2.05) is 4.90 Å². The quantitative estimate of drug-likeness (QED) is 0.299. The number of nitrogens with two attached hydrogens (primary N) is 2. The zero-order chi connectivity index (χ0) is 27.6. The van der Waals surface area contributed by atoms with Gasteiger partial charge in [-0.1, -0.05) is 0 Å². The maximum Gasteiger partial charge on any atom is 0.265 e. The van der Waals surface area contributed by atoms with Crippen LogP contribution in [0.4, 0.5) is 29.1 Å². The number of fused-ring (bicyclic) bond motifs is 2. The number of hydrogen-bond acceptors (Lipinski definition) is 9. The van der Waals surface area contributed by atoms with Crippen LogP contribution in [0.3, 0.4) is 0 Å². The van der Waals surface area contributed by atoms with Gasteiger partial charge < -0.3 is 30.8 Å². The van der Waals surface area contributed by atoms with Gasteiger partial charge in [-0.05, 0) is 24.1 Å². The van der Waals surface area contributed by atoms with Crippen LogP contribution in [0.5, 0.6) is 5.75 Å². The fraction of sp³-hybridized carbons (Fsp3) is 0.360. The lowest BCUT2D eigenvalue weighted by molar-refractivity contribution is -0.0303. The summed E-state index contributed by atoms with van der Waals surface area (Å²) < 4.78 is 62.8. The molecule has 1 saturated heterocycles. The largest absolute Gasteiger partial charge is 0.494 e. The van der Waals surface area contributed by atoms with Gasteiger partial charge in [-0.15, -0.1) is 0 Å². The van der Waals surface area contributed by atoms with Gasteiger partial charge in [0.05, 0.1) is 49.1 Å². The van der Waals surface area contributed by atoms with Crippen LogP contribution in [0, 0.1) is 17.6 Å². The number of piperidine rings is 1. The number of nitrogens with zero attached hydrogens (tertiary/aromatic N) is 6. The number of ether oxygens (including phenoxy) is 1. The molecule has 4 atom stereocenters. The van der Waals surface area contributed by atoms with Crippen molar-refractivity contribution in [2.45, 2.75) is 37.1 Å². The number of benzene rings is 1. The lowest BCUT2D eigenvalue weighted by Gasteiger charge is -2.30. The van der Waals surface area contributed by atoms with E-state index >= 15 is 0 Å². The van der Waals surface area contributed by atoms with Crippen LogP contribution in [0.2, 0.25) is 0 Å². The summed E-state index contributed by atoms with van der Waals surface area (Å²) in [5.41, 5.74) is 12.8. The summed E-state index contributed by atoms with van der Waals surface area (Å²) >= 11 is 0. The van der Waals surface area contributed by atoms with Crippen molar-refractivity contribution in [2.24, 2.45) is 11.7 Å². The van der Waals surface area contributed by atoms with Gasteiger partial charge in [-0.3, -0.25) is 4.98 Å². The first-order valence-electron chi connectivity index (χ1n) is 12.1. The molecule has 2 unspecified atom stereocenters. The summed E-state index contributed by atoms with van der Waals surface area (Å²) in [7, 11) is 1.23. The zero-order valence-corrected chi connectivity index (χ0v) is 20.6. The minimum absolute atomic E-state index is 0.0878. The molecule has 0 amide bonds. The number of methoxy groups -OCH3 is 1. The lowest BCUT2D eigenvalue weighted by Crippen LogP contribution is -2.51. The van der Waals surface area contributed by atoms with Gasteiger partial charge in [-0.2, -0.15) is 0 Å². The number of imidazole rings is 1. The summed E-state index contributed by atoms with van der Waals surface area (Å²) in [6.07, 6.45) is -0.177. The summed E-state index contributed by atoms with van der Waals surface area (Å²) in [6, 6.07) is 2.98. The Balaban J connectivity index is 1.45. The van der Waals surface area contributed by atoms with E-state index in [0.29, 0.717) is 35.4 Å². The van der Waals surface area contributed by atoms with E-state index in [1.54, 1.807) is 10.6 Å². The Bertz CT molecular complexity index is 1580. The third-order valence-corrected chi connectivity index (χ3v) is 7.76. The standard InChI is InChI=1S/C25H24F4N8O2/c1-39-18-6-14(26)12(5-15(18)27)16-4-11(8-36-10-35-19-23(30)33-9-34-24(19)36)17(7-32-16)37-3-2-13-20(37)25(13,31)21(38)22(28)29/h4-7,9-10,13,20-22,38H,2-3,8,31H2,1H3,(H2,30,33,34)/t13?,20?,21-,25-/m1/s1. The second kappa shape index (κ2) is 9.02. The van der Waals surface area contributed by atoms with Crippen molar-refractivity contribution in [3.05, 3.63) is 54.2 Å². The highest BCUT2D eigenvalue weighted by atomic mass is 19.3. The number of aromatic nitrogens is 5. The number of aliphatic hydroxyl groups is 1. The van der Waals surface area contributed by atoms with Gasteiger partial charge in [0.1, 0.15) is 23.8 Å². The molecule has 3 aromatic heterocycles. The molecule has 14 heteroatoms. The first-order valence-corrected chi connectivity index (χ1v) is 12.1. The fourth-order valence-electron chi connectivity index (χ4n) is 5.78. The highest BCUT2D eigenvalue weighted by molar-refractivity contribution is 5.81. The van der Waals surface area contributed by atoms with Gasteiger partial charge >= 0.3 is 0 Å². The summed E-state index contributed by atoms with van der Waals surface area (Å²) in [5, 5.41) is 10.2. The summed E-state index contributed by atoms with van der Waals surface area (Å²) in [4.78, 5) is 18.7. The van der Waals surface area contributed by atoms with Crippen LogP contribution in [-0.2, 0) is 6.54 Å². The normalized spacial score (nSPS) is 22.9. The molecule has 204 valence electrons. The molecule has 0 radical (unpaired) electrons. The Hall–Kier alpha value is -4.04. The molecule has 39 heavy (non-hydrogen) atoms. The van der Waals surface area contributed by atoms with Gasteiger partial charge in [0, 0.05) is 24.1 Å². The zero-order valence-electron chi connectivity index (χ0n) is 20.6. The van der Waals surface area contributed by atoms with Gasteiger partial charge in [-0.25, -0.2) is 32.5 Å². The Morgan fingerprint density at radius 1 is 1.15 bits per heavy atom. The molecule has 1 aromatic carbocycles. The Kier molecular flexibility index (Phi) is 5.84. The number of nitrogen functional groups attached to an aromatic ring is 1. The number of aliphatic hydroxyl groups excluding tert-OH is 1. The van der Waals surface area contributed by atoms with Crippen molar-refractivity contribution in [1.82, 2.24) is 24.5 Å². The van der Waals surface area contributed by atoms with Crippen LogP contribution >= 0.6 is 0 Å². The molecule has 0 bridgehead atoms. The van der Waals surface area contributed by atoms with Gasteiger partial charge in [0.15, 0.2) is 23.0 Å². The average Bonchev–Trinajstić information content (AvgIpc) is 3.23. The molecule has 1 aliphatic carbocycles. The number of anilines is 2. The number of hydrogen-bond donors (Lipinski definition) is 3. The molecule has 2 aliphatic rings. The van der Waals surface area contributed by atoms with Crippen molar-refractivity contribution in [2.75, 3.05) is 24.3 Å². The van der Waals surface area contributed by atoms with Crippen LogP contribution < -0.4 is 21.1 Å². The minimum Gasteiger partial charge on any atom is -0.494 e. The lowest BCUT2D eigenvalue weighted by atomic mass is 10.0.